The molecule has 4 nitrogen and oxygen atoms in total. The average molecular weight is 386 g/mol. The van der Waals surface area contributed by atoms with Gasteiger partial charge in [-0.25, -0.2) is 0 Å². The molecule has 1 aliphatic rings. The highest BCUT2D eigenvalue weighted by molar-refractivity contribution is 6.07. The van der Waals surface area contributed by atoms with Gasteiger partial charge < -0.3 is 9.80 Å². The van der Waals surface area contributed by atoms with Crippen LogP contribution in [0.5, 0.6) is 0 Å². The van der Waals surface area contributed by atoms with Crippen molar-refractivity contribution in [3.05, 3.63) is 83.4 Å². The molecule has 0 unspecified atom stereocenters. The third-order valence-corrected chi connectivity index (χ3v) is 5.69. The van der Waals surface area contributed by atoms with Crippen molar-refractivity contribution in [2.24, 2.45) is 0 Å². The molecule has 0 atom stereocenters. The summed E-state index contributed by atoms with van der Waals surface area (Å²) in [7, 11) is 0. The Labute approximate surface area is 171 Å². The van der Waals surface area contributed by atoms with Crippen molar-refractivity contribution in [1.82, 2.24) is 9.80 Å². The Kier molecular flexibility index (Phi) is 5.61. The van der Waals surface area contributed by atoms with Crippen LogP contribution < -0.4 is 0 Å². The van der Waals surface area contributed by atoms with Crippen LogP contribution in [0.2, 0.25) is 0 Å². The second kappa shape index (κ2) is 8.48. The molecule has 1 fully saturated rings. The highest BCUT2D eigenvalue weighted by Crippen LogP contribution is 2.21. The van der Waals surface area contributed by atoms with E-state index in [0.29, 0.717) is 32.6 Å². The number of nitrogens with zero attached hydrogens (tertiary/aromatic N) is 2. The number of benzene rings is 3. The van der Waals surface area contributed by atoms with Crippen molar-refractivity contribution >= 4 is 22.6 Å². The van der Waals surface area contributed by atoms with Crippen molar-refractivity contribution in [2.75, 3.05) is 26.2 Å². The standard InChI is InChI=1S/C25H26N2O2/c1-19-9-11-20(12-10-19)13-14-24(28)26-15-17-27(18-16-26)25(29)23-8-4-6-21-5-2-3-7-22(21)23/h2-12H,13-18H2,1H3. The first-order chi connectivity index (χ1) is 14.1. The zero-order valence-corrected chi connectivity index (χ0v) is 16.8. The molecule has 0 spiro atoms. The SMILES string of the molecule is Cc1ccc(CCC(=O)N2CCN(C(=O)c3cccc4ccccc34)CC2)cc1. The van der Waals surface area contributed by atoms with Gasteiger partial charge in [-0.15, -0.1) is 0 Å². The minimum Gasteiger partial charge on any atom is -0.339 e. The average Bonchev–Trinajstić information content (AvgIpc) is 2.78. The van der Waals surface area contributed by atoms with Crippen molar-refractivity contribution in [2.45, 2.75) is 19.8 Å². The smallest absolute Gasteiger partial charge is 0.254 e. The molecule has 0 aliphatic carbocycles. The Bertz CT molecular complexity index is 1010. The zero-order valence-electron chi connectivity index (χ0n) is 16.8. The van der Waals surface area contributed by atoms with Gasteiger partial charge in [0.05, 0.1) is 0 Å². The summed E-state index contributed by atoms with van der Waals surface area (Å²) < 4.78 is 0. The first-order valence-electron chi connectivity index (χ1n) is 10.2. The summed E-state index contributed by atoms with van der Waals surface area (Å²) in [5.74, 6) is 0.219. The van der Waals surface area contributed by atoms with Gasteiger partial charge in [-0.05, 0) is 35.7 Å². The molecule has 0 saturated carbocycles. The van der Waals surface area contributed by atoms with Crippen LogP contribution in [-0.4, -0.2) is 47.8 Å². The topological polar surface area (TPSA) is 40.6 Å². The second-order valence-electron chi connectivity index (χ2n) is 7.69. The third kappa shape index (κ3) is 4.32. The molecule has 0 radical (unpaired) electrons. The lowest BCUT2D eigenvalue weighted by atomic mass is 10.0. The molecule has 1 aliphatic heterocycles. The van der Waals surface area contributed by atoms with E-state index in [-0.39, 0.29) is 11.8 Å². The Morgan fingerprint density at radius 2 is 1.45 bits per heavy atom. The Morgan fingerprint density at radius 3 is 2.21 bits per heavy atom. The van der Waals surface area contributed by atoms with E-state index >= 15 is 0 Å². The fourth-order valence-electron chi connectivity index (χ4n) is 3.91. The van der Waals surface area contributed by atoms with Crippen LogP contribution in [-0.2, 0) is 11.2 Å². The number of carbonyl (C=O) groups is 2. The number of rotatable bonds is 4. The van der Waals surface area contributed by atoms with Crippen molar-refractivity contribution in [1.29, 1.82) is 0 Å². The molecule has 1 saturated heterocycles. The van der Waals surface area contributed by atoms with E-state index in [9.17, 15) is 9.59 Å². The molecule has 148 valence electrons. The molecule has 3 aromatic rings. The molecule has 4 heteroatoms. The second-order valence-corrected chi connectivity index (χ2v) is 7.69. The maximum Gasteiger partial charge on any atom is 0.254 e. The van der Waals surface area contributed by atoms with E-state index in [1.54, 1.807) is 0 Å². The van der Waals surface area contributed by atoms with Gasteiger partial charge >= 0.3 is 0 Å². The predicted octanol–water partition coefficient (Wildman–Crippen LogP) is 4.07. The summed E-state index contributed by atoms with van der Waals surface area (Å²) in [6, 6.07) is 22.1. The lowest BCUT2D eigenvalue weighted by molar-refractivity contribution is -0.132. The summed E-state index contributed by atoms with van der Waals surface area (Å²) in [5.41, 5.74) is 3.16. The van der Waals surface area contributed by atoms with Crippen molar-refractivity contribution in [3.63, 3.8) is 0 Å². The summed E-state index contributed by atoms with van der Waals surface area (Å²) in [5, 5.41) is 2.06. The van der Waals surface area contributed by atoms with Crippen LogP contribution in [0.4, 0.5) is 0 Å². The van der Waals surface area contributed by atoms with Gasteiger partial charge in [0.2, 0.25) is 5.91 Å². The quantitative estimate of drug-likeness (QED) is 0.678. The molecular formula is C25H26N2O2. The maximum atomic E-state index is 13.1. The lowest BCUT2D eigenvalue weighted by Gasteiger charge is -2.35. The summed E-state index contributed by atoms with van der Waals surface area (Å²) >= 11 is 0. The van der Waals surface area contributed by atoms with Crippen LogP contribution in [0.3, 0.4) is 0 Å². The molecule has 4 rings (SSSR count). The Morgan fingerprint density at radius 1 is 0.793 bits per heavy atom. The van der Waals surface area contributed by atoms with E-state index in [1.807, 2.05) is 52.3 Å². The largest absolute Gasteiger partial charge is 0.339 e. The van der Waals surface area contributed by atoms with Gasteiger partial charge in [0, 0.05) is 38.2 Å². The third-order valence-electron chi connectivity index (χ3n) is 5.69. The van der Waals surface area contributed by atoms with Gasteiger partial charge in [-0.2, -0.15) is 0 Å². The van der Waals surface area contributed by atoms with E-state index in [0.717, 1.165) is 22.8 Å². The minimum atomic E-state index is 0.0496. The first-order valence-corrected chi connectivity index (χ1v) is 10.2. The van der Waals surface area contributed by atoms with Gasteiger partial charge in [-0.3, -0.25) is 9.59 Å². The summed E-state index contributed by atoms with van der Waals surface area (Å²) in [4.78, 5) is 29.4. The van der Waals surface area contributed by atoms with Gasteiger partial charge in [0.15, 0.2) is 0 Å². The molecule has 1 heterocycles. The van der Waals surface area contributed by atoms with Crippen molar-refractivity contribution < 1.29 is 9.59 Å². The molecule has 29 heavy (non-hydrogen) atoms. The minimum absolute atomic E-state index is 0.0496. The molecule has 0 bridgehead atoms. The highest BCUT2D eigenvalue weighted by Gasteiger charge is 2.25. The number of fused-ring (bicyclic) bond motifs is 1. The molecule has 0 aromatic heterocycles. The van der Waals surface area contributed by atoms with E-state index in [2.05, 4.69) is 31.2 Å². The van der Waals surface area contributed by atoms with Crippen molar-refractivity contribution in [3.8, 4) is 0 Å². The summed E-state index contributed by atoms with van der Waals surface area (Å²) in [6.07, 6.45) is 1.27. The van der Waals surface area contributed by atoms with Crippen LogP contribution in [0.25, 0.3) is 10.8 Å². The fourth-order valence-corrected chi connectivity index (χ4v) is 3.91. The predicted molar refractivity (Wildman–Crippen MR) is 116 cm³/mol. The summed E-state index contributed by atoms with van der Waals surface area (Å²) in [6.45, 7) is 4.43. The Balaban J connectivity index is 1.34. The maximum absolute atomic E-state index is 13.1. The van der Waals surface area contributed by atoms with Gasteiger partial charge in [0.1, 0.15) is 0 Å². The zero-order chi connectivity index (χ0) is 20.2. The molecule has 0 N–H and O–H groups in total. The monoisotopic (exact) mass is 386 g/mol. The molecular weight excluding hydrogens is 360 g/mol. The number of hydrogen-bond donors (Lipinski definition) is 0. The lowest BCUT2D eigenvalue weighted by Crippen LogP contribution is -2.50. The number of aryl methyl sites for hydroxylation is 2. The van der Waals surface area contributed by atoms with Gasteiger partial charge in [0.25, 0.3) is 5.91 Å². The van der Waals surface area contributed by atoms with E-state index < -0.39 is 0 Å². The number of hydrogen-bond acceptors (Lipinski definition) is 2. The molecule has 3 aromatic carbocycles. The highest BCUT2D eigenvalue weighted by atomic mass is 16.2. The fraction of sp³-hybridized carbons (Fsp3) is 0.280. The van der Waals surface area contributed by atoms with Crippen LogP contribution >= 0.6 is 0 Å². The normalized spacial score (nSPS) is 14.2. The number of piperazine rings is 1. The van der Waals surface area contributed by atoms with E-state index in [1.165, 1.54) is 11.1 Å². The molecule has 2 amide bonds. The Hall–Kier alpha value is -3.14. The van der Waals surface area contributed by atoms with Gasteiger partial charge in [-0.1, -0.05) is 66.2 Å². The first kappa shape index (κ1) is 19.2. The number of carbonyl (C=O) groups excluding carboxylic acids is 2. The van der Waals surface area contributed by atoms with E-state index in [4.69, 9.17) is 0 Å². The van der Waals surface area contributed by atoms with Crippen LogP contribution in [0, 0.1) is 6.92 Å². The van der Waals surface area contributed by atoms with Crippen LogP contribution in [0.1, 0.15) is 27.9 Å². The number of amides is 2. The van der Waals surface area contributed by atoms with Crippen LogP contribution in [0.15, 0.2) is 66.7 Å².